The number of rotatable bonds is 2. The van der Waals surface area contributed by atoms with E-state index in [0.717, 1.165) is 44.7 Å². The maximum Gasteiger partial charge on any atom is 0.228 e. The SMILES string of the molecule is CN1CCc2nc([C@@H]3CCCN(C(=O)[C@@H]4CC(=O)N(C)C4)C3)ncc2C1. The zero-order valence-electron chi connectivity index (χ0n) is 15.6. The van der Waals surface area contributed by atoms with E-state index in [1.165, 1.54) is 11.3 Å². The summed E-state index contributed by atoms with van der Waals surface area (Å²) < 4.78 is 0. The molecule has 7 nitrogen and oxygen atoms in total. The van der Waals surface area contributed by atoms with E-state index in [9.17, 15) is 9.59 Å². The van der Waals surface area contributed by atoms with Crippen molar-refractivity contribution >= 4 is 11.8 Å². The summed E-state index contributed by atoms with van der Waals surface area (Å²) in [6, 6.07) is 0. The van der Waals surface area contributed by atoms with Gasteiger partial charge in [0.15, 0.2) is 0 Å². The molecule has 0 aliphatic carbocycles. The Morgan fingerprint density at radius 3 is 2.85 bits per heavy atom. The fourth-order valence-corrected chi connectivity index (χ4v) is 4.34. The summed E-state index contributed by atoms with van der Waals surface area (Å²) in [5.41, 5.74) is 2.39. The van der Waals surface area contributed by atoms with E-state index in [-0.39, 0.29) is 23.7 Å². The van der Waals surface area contributed by atoms with E-state index in [0.29, 0.717) is 19.5 Å². The maximum absolute atomic E-state index is 12.8. The molecule has 4 heterocycles. The van der Waals surface area contributed by atoms with Crippen LogP contribution in [-0.2, 0) is 22.6 Å². The van der Waals surface area contributed by atoms with Gasteiger partial charge < -0.3 is 14.7 Å². The Hall–Kier alpha value is -2.02. The highest BCUT2D eigenvalue weighted by atomic mass is 16.2. The number of hydrogen-bond donors (Lipinski definition) is 0. The number of nitrogens with zero attached hydrogens (tertiary/aromatic N) is 5. The molecule has 1 aromatic rings. The molecule has 2 atom stereocenters. The quantitative estimate of drug-likeness (QED) is 0.777. The lowest BCUT2D eigenvalue weighted by Gasteiger charge is -2.34. The molecule has 0 N–H and O–H groups in total. The van der Waals surface area contributed by atoms with Crippen molar-refractivity contribution in [3.05, 3.63) is 23.3 Å². The monoisotopic (exact) mass is 357 g/mol. The third-order valence-electron chi connectivity index (χ3n) is 5.93. The molecule has 2 saturated heterocycles. The summed E-state index contributed by atoms with van der Waals surface area (Å²) in [6.45, 7) is 3.93. The molecule has 1 aromatic heterocycles. The van der Waals surface area contributed by atoms with Gasteiger partial charge in [-0.2, -0.15) is 0 Å². The van der Waals surface area contributed by atoms with Crippen LogP contribution in [0.25, 0.3) is 0 Å². The van der Waals surface area contributed by atoms with Crippen LogP contribution >= 0.6 is 0 Å². The summed E-state index contributed by atoms with van der Waals surface area (Å²) in [5.74, 6) is 1.08. The largest absolute Gasteiger partial charge is 0.345 e. The molecule has 7 heteroatoms. The van der Waals surface area contributed by atoms with Gasteiger partial charge in [0.2, 0.25) is 11.8 Å². The minimum atomic E-state index is -0.189. The number of likely N-dealkylation sites (tertiary alicyclic amines) is 2. The van der Waals surface area contributed by atoms with Crippen LogP contribution < -0.4 is 0 Å². The van der Waals surface area contributed by atoms with Crippen LogP contribution in [0.2, 0.25) is 0 Å². The Labute approximate surface area is 154 Å². The van der Waals surface area contributed by atoms with Crippen LogP contribution in [0.3, 0.4) is 0 Å². The number of fused-ring (bicyclic) bond motifs is 1. The average molecular weight is 357 g/mol. The second-order valence-corrected chi connectivity index (χ2v) is 7.99. The molecule has 0 bridgehead atoms. The highest BCUT2D eigenvalue weighted by Gasteiger charge is 2.37. The average Bonchev–Trinajstić information content (AvgIpc) is 2.99. The van der Waals surface area contributed by atoms with Crippen LogP contribution in [0.4, 0.5) is 0 Å². The van der Waals surface area contributed by atoms with Crippen LogP contribution in [0.1, 0.15) is 42.3 Å². The van der Waals surface area contributed by atoms with E-state index >= 15 is 0 Å². The van der Waals surface area contributed by atoms with Gasteiger partial charge in [-0.05, 0) is 19.9 Å². The molecule has 4 rings (SSSR count). The summed E-state index contributed by atoms with van der Waals surface area (Å²) in [7, 11) is 3.89. The fourth-order valence-electron chi connectivity index (χ4n) is 4.34. The standard InChI is InChI=1S/C19H27N5O2/c1-22-7-5-16-15(10-22)9-20-18(21-16)13-4-3-6-24(12-13)19(26)14-8-17(25)23(2)11-14/h9,13-14H,3-8,10-12H2,1-2H3/t13-,14-/m1/s1. The third kappa shape index (κ3) is 3.32. The molecule has 0 radical (unpaired) electrons. The number of carbonyl (C=O) groups excluding carboxylic acids is 2. The highest BCUT2D eigenvalue weighted by molar-refractivity contribution is 5.89. The van der Waals surface area contributed by atoms with Gasteiger partial charge in [0.1, 0.15) is 5.82 Å². The lowest BCUT2D eigenvalue weighted by molar-refractivity contribution is -0.137. The van der Waals surface area contributed by atoms with Gasteiger partial charge in [0, 0.05) is 76.0 Å². The molecule has 0 aromatic carbocycles. The summed E-state index contributed by atoms with van der Waals surface area (Å²) >= 11 is 0. The molecule has 140 valence electrons. The van der Waals surface area contributed by atoms with Crippen molar-refractivity contribution in [1.82, 2.24) is 24.7 Å². The van der Waals surface area contributed by atoms with Gasteiger partial charge in [-0.1, -0.05) is 0 Å². The van der Waals surface area contributed by atoms with Crippen molar-refractivity contribution in [2.45, 2.75) is 38.1 Å². The van der Waals surface area contributed by atoms with Crippen LogP contribution in [-0.4, -0.2) is 76.8 Å². The molecular formula is C19H27N5O2. The Morgan fingerprint density at radius 2 is 2.08 bits per heavy atom. The molecule has 3 aliphatic heterocycles. The van der Waals surface area contributed by atoms with Gasteiger partial charge in [-0.3, -0.25) is 9.59 Å². The van der Waals surface area contributed by atoms with Crippen molar-refractivity contribution in [2.24, 2.45) is 5.92 Å². The number of amides is 2. The molecular weight excluding hydrogens is 330 g/mol. The first-order chi connectivity index (χ1) is 12.5. The predicted octanol–water partition coefficient (Wildman–Crippen LogP) is 0.649. The molecule has 26 heavy (non-hydrogen) atoms. The Morgan fingerprint density at radius 1 is 1.23 bits per heavy atom. The van der Waals surface area contributed by atoms with Gasteiger partial charge in [0.05, 0.1) is 5.92 Å². The minimum absolute atomic E-state index is 0.0694. The van der Waals surface area contributed by atoms with E-state index in [1.54, 1.807) is 11.9 Å². The maximum atomic E-state index is 12.8. The Balaban J connectivity index is 1.45. The molecule has 2 amide bonds. The van der Waals surface area contributed by atoms with Gasteiger partial charge in [-0.25, -0.2) is 9.97 Å². The van der Waals surface area contributed by atoms with Crippen LogP contribution in [0.15, 0.2) is 6.20 Å². The first-order valence-electron chi connectivity index (χ1n) is 9.57. The summed E-state index contributed by atoms with van der Waals surface area (Å²) in [6.07, 6.45) is 5.27. The molecule has 0 saturated carbocycles. The first kappa shape index (κ1) is 17.4. The fraction of sp³-hybridized carbons (Fsp3) is 0.684. The number of carbonyl (C=O) groups is 2. The smallest absolute Gasteiger partial charge is 0.228 e. The second-order valence-electron chi connectivity index (χ2n) is 7.99. The minimum Gasteiger partial charge on any atom is -0.345 e. The normalized spacial score (nSPS) is 26.9. The second kappa shape index (κ2) is 6.95. The molecule has 0 spiro atoms. The van der Waals surface area contributed by atoms with Crippen molar-refractivity contribution < 1.29 is 9.59 Å². The third-order valence-corrected chi connectivity index (χ3v) is 5.93. The van der Waals surface area contributed by atoms with Gasteiger partial charge in [-0.15, -0.1) is 0 Å². The predicted molar refractivity (Wildman–Crippen MR) is 96.4 cm³/mol. The first-order valence-corrected chi connectivity index (χ1v) is 9.57. The van der Waals surface area contributed by atoms with Crippen molar-refractivity contribution in [1.29, 1.82) is 0 Å². The number of piperidine rings is 1. The molecule has 3 aliphatic rings. The Bertz CT molecular complexity index is 722. The zero-order valence-corrected chi connectivity index (χ0v) is 15.6. The number of likely N-dealkylation sites (N-methyl/N-ethyl adjacent to an activating group) is 1. The van der Waals surface area contributed by atoms with E-state index < -0.39 is 0 Å². The van der Waals surface area contributed by atoms with Crippen molar-refractivity contribution in [3.8, 4) is 0 Å². The Kier molecular flexibility index (Phi) is 4.65. The summed E-state index contributed by atoms with van der Waals surface area (Å²) in [4.78, 5) is 39.9. The van der Waals surface area contributed by atoms with Crippen LogP contribution in [0.5, 0.6) is 0 Å². The number of hydrogen-bond acceptors (Lipinski definition) is 5. The zero-order chi connectivity index (χ0) is 18.3. The molecule has 2 fully saturated rings. The summed E-state index contributed by atoms with van der Waals surface area (Å²) in [5, 5.41) is 0. The van der Waals surface area contributed by atoms with E-state index in [1.807, 2.05) is 11.1 Å². The van der Waals surface area contributed by atoms with Crippen LogP contribution in [0, 0.1) is 5.92 Å². The number of aromatic nitrogens is 2. The molecule has 0 unspecified atom stereocenters. The topological polar surface area (TPSA) is 69.6 Å². The van der Waals surface area contributed by atoms with Crippen molar-refractivity contribution in [3.63, 3.8) is 0 Å². The lowest BCUT2D eigenvalue weighted by atomic mass is 9.95. The van der Waals surface area contributed by atoms with Crippen molar-refractivity contribution in [2.75, 3.05) is 40.3 Å². The highest BCUT2D eigenvalue weighted by Crippen LogP contribution is 2.28. The lowest BCUT2D eigenvalue weighted by Crippen LogP contribution is -2.43. The van der Waals surface area contributed by atoms with Gasteiger partial charge in [0.25, 0.3) is 0 Å². The van der Waals surface area contributed by atoms with Gasteiger partial charge >= 0.3 is 0 Å². The van der Waals surface area contributed by atoms with E-state index in [2.05, 4.69) is 16.9 Å². The van der Waals surface area contributed by atoms with E-state index in [4.69, 9.17) is 4.98 Å².